The second-order valence-electron chi connectivity index (χ2n) is 9.12. The van der Waals surface area contributed by atoms with Gasteiger partial charge in [-0.2, -0.15) is 0 Å². The van der Waals surface area contributed by atoms with E-state index < -0.39 is 0 Å². The van der Waals surface area contributed by atoms with Gasteiger partial charge in [0.05, 0.1) is 0 Å². The van der Waals surface area contributed by atoms with E-state index in [1.165, 1.54) is 45.3 Å². The molecule has 0 spiro atoms. The zero-order valence-corrected chi connectivity index (χ0v) is 17.4. The Labute approximate surface area is 165 Å². The molecule has 0 amide bonds. The summed E-state index contributed by atoms with van der Waals surface area (Å²) in [4.78, 5) is 2.61. The van der Waals surface area contributed by atoms with E-state index in [0.717, 1.165) is 42.1 Å². The topological polar surface area (TPSA) is 36.5 Å². The summed E-state index contributed by atoms with van der Waals surface area (Å²) in [6.45, 7) is 16.3. The van der Waals surface area contributed by atoms with Crippen molar-refractivity contribution >= 4 is 5.70 Å². The highest BCUT2D eigenvalue weighted by Gasteiger charge is 2.22. The molecule has 2 aliphatic rings. The molecule has 0 bridgehead atoms. The van der Waals surface area contributed by atoms with Gasteiger partial charge in [-0.1, -0.05) is 18.7 Å². The lowest BCUT2D eigenvalue weighted by Gasteiger charge is -2.32. The normalized spacial score (nSPS) is 19.1. The number of rotatable bonds is 9. The maximum Gasteiger partial charge on any atom is 0.120 e. The minimum atomic E-state index is -0.185. The first-order valence-electron chi connectivity index (χ1n) is 10.6. The van der Waals surface area contributed by atoms with E-state index in [4.69, 9.17) is 4.74 Å². The molecular weight excluding hydrogens is 334 g/mol. The van der Waals surface area contributed by atoms with Gasteiger partial charge in [0.15, 0.2) is 0 Å². The second-order valence-corrected chi connectivity index (χ2v) is 9.12. The zero-order chi connectivity index (χ0) is 19.3. The van der Waals surface area contributed by atoms with Crippen LogP contribution in [0.15, 0.2) is 30.8 Å². The van der Waals surface area contributed by atoms with Crippen molar-refractivity contribution in [3.63, 3.8) is 0 Å². The molecule has 0 atom stereocenters. The van der Waals surface area contributed by atoms with E-state index in [2.05, 4.69) is 55.0 Å². The van der Waals surface area contributed by atoms with Crippen molar-refractivity contribution in [3.8, 4) is 5.75 Å². The van der Waals surface area contributed by atoms with Crippen LogP contribution in [0, 0.1) is 5.92 Å². The smallest absolute Gasteiger partial charge is 0.120 e. The Kier molecular flexibility index (Phi) is 6.83. The van der Waals surface area contributed by atoms with Gasteiger partial charge in [0.2, 0.25) is 0 Å². The maximum absolute atomic E-state index is 5.97. The van der Waals surface area contributed by atoms with Gasteiger partial charge in [0.25, 0.3) is 0 Å². The highest BCUT2D eigenvalue weighted by Crippen LogP contribution is 2.23. The predicted molar refractivity (Wildman–Crippen MR) is 114 cm³/mol. The Bertz CT molecular complexity index is 610. The molecule has 1 saturated carbocycles. The third-order valence-corrected chi connectivity index (χ3v) is 5.36. The van der Waals surface area contributed by atoms with Gasteiger partial charge in [0.1, 0.15) is 11.4 Å². The third kappa shape index (κ3) is 7.19. The minimum Gasteiger partial charge on any atom is -0.488 e. The summed E-state index contributed by atoms with van der Waals surface area (Å²) in [6.07, 6.45) is 5.31. The number of hydrogen-bond acceptors (Lipinski definition) is 4. The van der Waals surface area contributed by atoms with Gasteiger partial charge < -0.3 is 20.3 Å². The fraction of sp³-hybridized carbons (Fsp3) is 0.652. The lowest BCUT2D eigenvalue weighted by molar-refractivity contribution is 0.131. The summed E-state index contributed by atoms with van der Waals surface area (Å²) in [6, 6.07) is 9.05. The molecule has 27 heavy (non-hydrogen) atoms. The molecule has 1 saturated heterocycles. The summed E-state index contributed by atoms with van der Waals surface area (Å²) in [7, 11) is 0. The molecule has 150 valence electrons. The lowest BCUT2D eigenvalue weighted by Crippen LogP contribution is -2.40. The molecule has 1 aliphatic heterocycles. The SMILES string of the molecule is C=C(NCC1CCN(CCNC2CC2)CC1)c1cccc(OC(C)(C)C)c1. The first-order chi connectivity index (χ1) is 12.9. The standard InChI is InChI=1S/C23H37N3O/c1-18(20-6-5-7-22(16-20)27-23(2,3)4)25-17-19-10-13-26(14-11-19)15-12-24-21-8-9-21/h5-7,16,19,21,24-25H,1,8-15,17H2,2-4H3. The monoisotopic (exact) mass is 371 g/mol. The van der Waals surface area contributed by atoms with Crippen LogP contribution in [-0.2, 0) is 0 Å². The highest BCUT2D eigenvalue weighted by molar-refractivity contribution is 5.62. The van der Waals surface area contributed by atoms with E-state index in [-0.39, 0.29) is 5.60 Å². The number of piperidine rings is 1. The van der Waals surface area contributed by atoms with Crippen molar-refractivity contribution in [1.82, 2.24) is 15.5 Å². The van der Waals surface area contributed by atoms with E-state index in [1.54, 1.807) is 0 Å². The fourth-order valence-electron chi connectivity index (χ4n) is 3.60. The average Bonchev–Trinajstić information content (AvgIpc) is 3.44. The highest BCUT2D eigenvalue weighted by atomic mass is 16.5. The summed E-state index contributed by atoms with van der Waals surface area (Å²) in [5, 5.41) is 7.18. The Morgan fingerprint density at radius 2 is 1.93 bits per heavy atom. The van der Waals surface area contributed by atoms with Crippen LogP contribution in [0.3, 0.4) is 0 Å². The summed E-state index contributed by atoms with van der Waals surface area (Å²) < 4.78 is 5.97. The molecule has 3 rings (SSSR count). The number of nitrogens with zero attached hydrogens (tertiary/aromatic N) is 1. The van der Waals surface area contributed by atoms with Crippen molar-refractivity contribution in [2.45, 2.75) is 58.1 Å². The maximum atomic E-state index is 5.97. The van der Waals surface area contributed by atoms with E-state index >= 15 is 0 Å². The molecule has 2 N–H and O–H groups in total. The van der Waals surface area contributed by atoms with Crippen LogP contribution in [0.2, 0.25) is 0 Å². The zero-order valence-electron chi connectivity index (χ0n) is 17.4. The van der Waals surface area contributed by atoms with E-state index in [1.807, 2.05) is 12.1 Å². The van der Waals surface area contributed by atoms with Crippen molar-refractivity contribution < 1.29 is 4.74 Å². The fourth-order valence-corrected chi connectivity index (χ4v) is 3.60. The number of benzene rings is 1. The van der Waals surface area contributed by atoms with Gasteiger partial charge >= 0.3 is 0 Å². The summed E-state index contributed by atoms with van der Waals surface area (Å²) in [5.74, 6) is 1.64. The molecule has 0 radical (unpaired) electrons. The molecular formula is C23H37N3O. The van der Waals surface area contributed by atoms with Gasteiger partial charge in [-0.15, -0.1) is 0 Å². The van der Waals surface area contributed by atoms with Crippen molar-refractivity contribution in [2.24, 2.45) is 5.92 Å². The van der Waals surface area contributed by atoms with Crippen LogP contribution >= 0.6 is 0 Å². The molecule has 2 fully saturated rings. The molecule has 1 aromatic rings. The van der Waals surface area contributed by atoms with Crippen molar-refractivity contribution in [3.05, 3.63) is 36.4 Å². The molecule has 1 aliphatic carbocycles. The molecule has 0 aromatic heterocycles. The Balaban J connectivity index is 1.37. The summed E-state index contributed by atoms with van der Waals surface area (Å²) in [5.41, 5.74) is 1.92. The minimum absolute atomic E-state index is 0.185. The molecule has 4 heteroatoms. The van der Waals surface area contributed by atoms with Crippen LogP contribution in [0.5, 0.6) is 5.75 Å². The number of hydrogen-bond donors (Lipinski definition) is 2. The molecule has 4 nitrogen and oxygen atoms in total. The Morgan fingerprint density at radius 1 is 1.19 bits per heavy atom. The Hall–Kier alpha value is -1.52. The lowest BCUT2D eigenvalue weighted by atomic mass is 9.96. The number of likely N-dealkylation sites (tertiary alicyclic amines) is 1. The first kappa shape index (κ1) is 20.2. The van der Waals surface area contributed by atoms with Gasteiger partial charge in [0, 0.05) is 36.9 Å². The van der Waals surface area contributed by atoms with Crippen molar-refractivity contribution in [2.75, 3.05) is 32.7 Å². The van der Waals surface area contributed by atoms with Crippen LogP contribution < -0.4 is 15.4 Å². The molecule has 1 heterocycles. The van der Waals surface area contributed by atoms with Gasteiger partial charge in [-0.3, -0.25) is 0 Å². The largest absolute Gasteiger partial charge is 0.488 e. The van der Waals surface area contributed by atoms with Crippen LogP contribution in [-0.4, -0.2) is 49.3 Å². The van der Waals surface area contributed by atoms with E-state index in [0.29, 0.717) is 0 Å². The number of ether oxygens (including phenoxy) is 1. The predicted octanol–water partition coefficient (Wildman–Crippen LogP) is 3.89. The number of nitrogens with one attached hydrogen (secondary N) is 2. The summed E-state index contributed by atoms with van der Waals surface area (Å²) >= 11 is 0. The van der Waals surface area contributed by atoms with Gasteiger partial charge in [-0.05, 0) is 77.6 Å². The molecule has 1 aromatic carbocycles. The Morgan fingerprint density at radius 3 is 2.59 bits per heavy atom. The van der Waals surface area contributed by atoms with E-state index in [9.17, 15) is 0 Å². The molecule has 0 unspecified atom stereocenters. The third-order valence-electron chi connectivity index (χ3n) is 5.36. The average molecular weight is 372 g/mol. The van der Waals surface area contributed by atoms with Crippen LogP contribution in [0.1, 0.15) is 52.0 Å². The first-order valence-corrected chi connectivity index (χ1v) is 10.6. The van der Waals surface area contributed by atoms with Crippen molar-refractivity contribution in [1.29, 1.82) is 0 Å². The van der Waals surface area contributed by atoms with Crippen LogP contribution in [0.4, 0.5) is 0 Å². The quantitative estimate of drug-likeness (QED) is 0.690. The second kappa shape index (κ2) is 9.11. The van der Waals surface area contributed by atoms with Crippen LogP contribution in [0.25, 0.3) is 5.70 Å². The van der Waals surface area contributed by atoms with Gasteiger partial charge in [-0.25, -0.2) is 0 Å².